The Hall–Kier alpha value is -1.95. The molecule has 158 valence electrons. The molecule has 1 heterocycles. The topological polar surface area (TPSA) is 49.3 Å². The van der Waals surface area contributed by atoms with E-state index in [2.05, 4.69) is 40.1 Å². The third-order valence-electron chi connectivity index (χ3n) is 5.43. The Morgan fingerprint density at radius 1 is 1.29 bits per heavy atom. The first-order valence-corrected chi connectivity index (χ1v) is 10.4. The van der Waals surface area contributed by atoms with Crippen molar-refractivity contribution in [3.05, 3.63) is 23.8 Å². The van der Waals surface area contributed by atoms with Crippen LogP contribution in [-0.4, -0.2) is 76.8 Å². The monoisotopic (exact) mass is 390 g/mol. The SMILES string of the molecule is CN=C(NCCCN1CCCC(C)C1)N(C)CCc1ccc(OC)c(OC)c1. The van der Waals surface area contributed by atoms with Crippen molar-refractivity contribution in [1.29, 1.82) is 0 Å². The second-order valence-corrected chi connectivity index (χ2v) is 7.74. The number of hydrogen-bond donors (Lipinski definition) is 1. The summed E-state index contributed by atoms with van der Waals surface area (Å²) in [4.78, 5) is 9.21. The van der Waals surface area contributed by atoms with Crippen molar-refractivity contribution in [3.63, 3.8) is 0 Å². The molecule has 1 N–H and O–H groups in total. The van der Waals surface area contributed by atoms with Gasteiger partial charge in [0.15, 0.2) is 17.5 Å². The Labute approximate surface area is 170 Å². The van der Waals surface area contributed by atoms with Crippen molar-refractivity contribution in [2.75, 3.05) is 61.0 Å². The lowest BCUT2D eigenvalue weighted by atomic mass is 10.0. The van der Waals surface area contributed by atoms with Crippen LogP contribution in [-0.2, 0) is 6.42 Å². The molecule has 0 bridgehead atoms. The molecule has 1 aromatic rings. The fraction of sp³-hybridized carbons (Fsp3) is 0.682. The van der Waals surface area contributed by atoms with E-state index in [1.54, 1.807) is 14.2 Å². The Kier molecular flexibility index (Phi) is 9.41. The molecule has 1 unspecified atom stereocenters. The maximum absolute atomic E-state index is 5.40. The molecule has 1 saturated heterocycles. The van der Waals surface area contributed by atoms with Crippen LogP contribution < -0.4 is 14.8 Å². The van der Waals surface area contributed by atoms with Gasteiger partial charge in [0.25, 0.3) is 0 Å². The number of rotatable bonds is 9. The van der Waals surface area contributed by atoms with Crippen molar-refractivity contribution in [2.24, 2.45) is 10.9 Å². The Bertz CT molecular complexity index is 621. The van der Waals surface area contributed by atoms with Gasteiger partial charge in [0.1, 0.15) is 0 Å². The first-order chi connectivity index (χ1) is 13.6. The van der Waals surface area contributed by atoms with Gasteiger partial charge in [-0.15, -0.1) is 0 Å². The normalized spacial score (nSPS) is 18.0. The number of benzene rings is 1. The van der Waals surface area contributed by atoms with Crippen molar-refractivity contribution in [3.8, 4) is 11.5 Å². The van der Waals surface area contributed by atoms with E-state index in [-0.39, 0.29) is 0 Å². The second-order valence-electron chi connectivity index (χ2n) is 7.74. The number of likely N-dealkylation sites (N-methyl/N-ethyl adjacent to an activating group) is 1. The summed E-state index contributed by atoms with van der Waals surface area (Å²) in [7, 11) is 7.26. The molecule has 28 heavy (non-hydrogen) atoms. The fourth-order valence-corrected chi connectivity index (χ4v) is 3.82. The molecule has 1 aliphatic heterocycles. The largest absolute Gasteiger partial charge is 0.493 e. The summed E-state index contributed by atoms with van der Waals surface area (Å²) >= 11 is 0. The average Bonchev–Trinajstić information content (AvgIpc) is 2.71. The number of likely N-dealkylation sites (tertiary alicyclic amines) is 1. The standard InChI is InChI=1S/C22H38N4O2/c1-18-8-6-13-26(17-18)14-7-12-24-22(23-2)25(3)15-11-19-9-10-20(27-4)21(16-19)28-5/h9-10,16,18H,6-8,11-15,17H2,1-5H3,(H,23,24). The Morgan fingerprint density at radius 3 is 2.75 bits per heavy atom. The van der Waals surface area contributed by atoms with Crippen LogP contribution in [0.5, 0.6) is 11.5 Å². The van der Waals surface area contributed by atoms with Crippen LogP contribution in [0.2, 0.25) is 0 Å². The summed E-state index contributed by atoms with van der Waals surface area (Å²) in [5.74, 6) is 3.34. The van der Waals surface area contributed by atoms with E-state index in [0.29, 0.717) is 0 Å². The number of hydrogen-bond acceptors (Lipinski definition) is 4. The van der Waals surface area contributed by atoms with Gasteiger partial charge in [-0.05, 0) is 62.4 Å². The highest BCUT2D eigenvalue weighted by Crippen LogP contribution is 2.27. The molecular weight excluding hydrogens is 352 g/mol. The lowest BCUT2D eigenvalue weighted by Gasteiger charge is -2.31. The minimum absolute atomic E-state index is 0.764. The first-order valence-electron chi connectivity index (χ1n) is 10.4. The van der Waals surface area contributed by atoms with Gasteiger partial charge in [-0.1, -0.05) is 13.0 Å². The smallest absolute Gasteiger partial charge is 0.193 e. The van der Waals surface area contributed by atoms with Gasteiger partial charge in [-0.3, -0.25) is 4.99 Å². The minimum Gasteiger partial charge on any atom is -0.493 e. The number of methoxy groups -OCH3 is 2. The molecule has 0 aliphatic carbocycles. The van der Waals surface area contributed by atoms with E-state index >= 15 is 0 Å². The fourth-order valence-electron chi connectivity index (χ4n) is 3.82. The molecule has 6 heteroatoms. The summed E-state index contributed by atoms with van der Waals surface area (Å²) in [5, 5.41) is 3.50. The van der Waals surface area contributed by atoms with Crippen molar-refractivity contribution >= 4 is 5.96 Å². The van der Waals surface area contributed by atoms with Crippen molar-refractivity contribution in [1.82, 2.24) is 15.1 Å². The van der Waals surface area contributed by atoms with E-state index in [4.69, 9.17) is 9.47 Å². The molecule has 6 nitrogen and oxygen atoms in total. The Balaban J connectivity index is 1.73. The predicted octanol–water partition coefficient (Wildman–Crippen LogP) is 2.88. The second kappa shape index (κ2) is 11.8. The van der Waals surface area contributed by atoms with E-state index in [1.807, 2.05) is 19.2 Å². The molecule has 1 atom stereocenters. The molecule has 2 rings (SSSR count). The Morgan fingerprint density at radius 2 is 2.07 bits per heavy atom. The van der Waals surface area contributed by atoms with Crippen LogP contribution in [0.15, 0.2) is 23.2 Å². The lowest BCUT2D eigenvalue weighted by Crippen LogP contribution is -2.41. The van der Waals surface area contributed by atoms with Gasteiger partial charge in [0.05, 0.1) is 14.2 Å². The summed E-state index contributed by atoms with van der Waals surface area (Å²) in [6.07, 6.45) is 4.79. The molecule has 1 aliphatic rings. The van der Waals surface area contributed by atoms with Gasteiger partial charge >= 0.3 is 0 Å². The number of nitrogens with one attached hydrogen (secondary N) is 1. The third-order valence-corrected chi connectivity index (χ3v) is 5.43. The molecule has 0 saturated carbocycles. The highest BCUT2D eigenvalue weighted by molar-refractivity contribution is 5.79. The highest BCUT2D eigenvalue weighted by Gasteiger charge is 2.15. The zero-order chi connectivity index (χ0) is 20.4. The molecule has 0 amide bonds. The van der Waals surface area contributed by atoms with Crippen LogP contribution >= 0.6 is 0 Å². The van der Waals surface area contributed by atoms with Gasteiger partial charge in [0.2, 0.25) is 0 Å². The number of nitrogens with zero attached hydrogens (tertiary/aromatic N) is 3. The first kappa shape index (κ1) is 22.3. The minimum atomic E-state index is 0.764. The van der Waals surface area contributed by atoms with Crippen LogP contribution in [0.1, 0.15) is 31.7 Å². The maximum Gasteiger partial charge on any atom is 0.193 e. The van der Waals surface area contributed by atoms with Crippen LogP contribution in [0.3, 0.4) is 0 Å². The number of guanidine groups is 1. The number of aliphatic imine (C=N–C) groups is 1. The molecule has 0 aromatic heterocycles. The summed E-state index contributed by atoms with van der Waals surface area (Å²) in [6, 6.07) is 6.09. The third kappa shape index (κ3) is 6.89. The highest BCUT2D eigenvalue weighted by atomic mass is 16.5. The zero-order valence-electron chi connectivity index (χ0n) is 18.3. The summed E-state index contributed by atoms with van der Waals surface area (Å²) in [6.45, 7) is 7.88. The van der Waals surface area contributed by atoms with Crippen LogP contribution in [0.25, 0.3) is 0 Å². The molecule has 0 spiro atoms. The quantitative estimate of drug-likeness (QED) is 0.399. The molecular formula is C22H38N4O2. The predicted molar refractivity (Wildman–Crippen MR) is 117 cm³/mol. The van der Waals surface area contributed by atoms with E-state index in [1.165, 1.54) is 38.0 Å². The maximum atomic E-state index is 5.40. The van der Waals surface area contributed by atoms with E-state index in [0.717, 1.165) is 49.3 Å². The summed E-state index contributed by atoms with van der Waals surface area (Å²) < 4.78 is 10.7. The van der Waals surface area contributed by atoms with Crippen LogP contribution in [0.4, 0.5) is 0 Å². The molecule has 0 radical (unpaired) electrons. The van der Waals surface area contributed by atoms with Gasteiger partial charge in [-0.2, -0.15) is 0 Å². The van der Waals surface area contributed by atoms with E-state index in [9.17, 15) is 0 Å². The van der Waals surface area contributed by atoms with Crippen molar-refractivity contribution in [2.45, 2.75) is 32.6 Å². The van der Waals surface area contributed by atoms with Gasteiger partial charge in [-0.25, -0.2) is 0 Å². The lowest BCUT2D eigenvalue weighted by molar-refractivity contribution is 0.182. The van der Waals surface area contributed by atoms with Gasteiger partial charge in [0, 0.05) is 33.7 Å². The molecule has 1 aromatic carbocycles. The number of ether oxygens (including phenoxy) is 2. The average molecular weight is 391 g/mol. The van der Waals surface area contributed by atoms with Crippen molar-refractivity contribution < 1.29 is 9.47 Å². The van der Waals surface area contributed by atoms with Gasteiger partial charge < -0.3 is 24.6 Å². The summed E-state index contributed by atoms with van der Waals surface area (Å²) in [5.41, 5.74) is 1.22. The zero-order valence-corrected chi connectivity index (χ0v) is 18.3. The van der Waals surface area contributed by atoms with Crippen LogP contribution in [0, 0.1) is 5.92 Å². The molecule has 1 fully saturated rings. The number of piperidine rings is 1. The van der Waals surface area contributed by atoms with E-state index < -0.39 is 0 Å².